The Balaban J connectivity index is 0.00000162. The number of hydrogen-bond acceptors (Lipinski definition) is 3. The fourth-order valence-corrected chi connectivity index (χ4v) is 2.65. The topological polar surface area (TPSA) is 24.9 Å². The van der Waals surface area contributed by atoms with Crippen LogP contribution in [0.4, 0.5) is 4.39 Å². The minimum absolute atomic E-state index is 0. The second-order valence-corrected chi connectivity index (χ2v) is 5.16. The highest BCUT2D eigenvalue weighted by Gasteiger charge is 2.09. The Morgan fingerprint density at radius 3 is 2.83 bits per heavy atom. The standard InChI is InChI=1S/C13H15FN2S.ClH/c1-9-13(10-4-3-5-11(14)8-10)16-12(17-9)6-7-15-2;/h3-5,8,15H,6-7H2,1-2H3;1H. The highest BCUT2D eigenvalue weighted by atomic mass is 35.5. The summed E-state index contributed by atoms with van der Waals surface area (Å²) in [6.07, 6.45) is 0.914. The van der Waals surface area contributed by atoms with E-state index in [1.165, 1.54) is 12.1 Å². The number of rotatable bonds is 4. The quantitative estimate of drug-likeness (QED) is 0.931. The fourth-order valence-electron chi connectivity index (χ4n) is 1.69. The second kappa shape index (κ2) is 6.83. The van der Waals surface area contributed by atoms with Gasteiger partial charge in [-0.1, -0.05) is 12.1 Å². The van der Waals surface area contributed by atoms with Crippen LogP contribution < -0.4 is 5.32 Å². The number of nitrogens with one attached hydrogen (secondary N) is 1. The Labute approximate surface area is 117 Å². The number of nitrogens with zero attached hydrogens (tertiary/aromatic N) is 1. The van der Waals surface area contributed by atoms with E-state index in [-0.39, 0.29) is 18.2 Å². The molecule has 1 N–H and O–H groups in total. The number of thiazole rings is 1. The van der Waals surface area contributed by atoms with Crippen LogP contribution in [0.25, 0.3) is 11.3 Å². The van der Waals surface area contributed by atoms with Gasteiger partial charge in [-0.2, -0.15) is 0 Å². The van der Waals surface area contributed by atoms with Gasteiger partial charge in [0.15, 0.2) is 0 Å². The molecule has 0 radical (unpaired) electrons. The fraction of sp³-hybridized carbons (Fsp3) is 0.308. The lowest BCUT2D eigenvalue weighted by molar-refractivity contribution is 0.628. The van der Waals surface area contributed by atoms with Gasteiger partial charge in [-0.15, -0.1) is 23.7 Å². The molecule has 1 aromatic heterocycles. The molecule has 0 spiro atoms. The number of halogens is 2. The molecule has 2 rings (SSSR count). The molecule has 0 unspecified atom stereocenters. The molecule has 0 fully saturated rings. The lowest BCUT2D eigenvalue weighted by atomic mass is 10.1. The minimum Gasteiger partial charge on any atom is -0.319 e. The van der Waals surface area contributed by atoms with Crippen LogP contribution in [0.5, 0.6) is 0 Å². The zero-order valence-corrected chi connectivity index (χ0v) is 12.0. The molecular formula is C13H16ClFN2S. The molecule has 1 aromatic carbocycles. The smallest absolute Gasteiger partial charge is 0.123 e. The average molecular weight is 287 g/mol. The largest absolute Gasteiger partial charge is 0.319 e. The van der Waals surface area contributed by atoms with Crippen molar-refractivity contribution < 1.29 is 4.39 Å². The molecule has 0 aliphatic carbocycles. The summed E-state index contributed by atoms with van der Waals surface area (Å²) in [4.78, 5) is 5.71. The van der Waals surface area contributed by atoms with Gasteiger partial charge < -0.3 is 5.32 Å². The minimum atomic E-state index is -0.216. The summed E-state index contributed by atoms with van der Waals surface area (Å²) in [5.41, 5.74) is 1.76. The summed E-state index contributed by atoms with van der Waals surface area (Å²) in [5, 5.41) is 4.19. The maximum atomic E-state index is 13.2. The van der Waals surface area contributed by atoms with E-state index in [0.717, 1.165) is 34.1 Å². The number of aryl methyl sites for hydroxylation is 1. The molecule has 0 saturated carbocycles. The summed E-state index contributed by atoms with van der Waals surface area (Å²) < 4.78 is 13.2. The number of hydrogen-bond donors (Lipinski definition) is 1. The van der Waals surface area contributed by atoms with Gasteiger partial charge in [0.2, 0.25) is 0 Å². The van der Waals surface area contributed by atoms with Crippen LogP contribution >= 0.6 is 23.7 Å². The van der Waals surface area contributed by atoms with E-state index in [1.54, 1.807) is 17.4 Å². The van der Waals surface area contributed by atoms with E-state index in [4.69, 9.17) is 0 Å². The maximum Gasteiger partial charge on any atom is 0.123 e. The van der Waals surface area contributed by atoms with Crippen LogP contribution in [0.1, 0.15) is 9.88 Å². The van der Waals surface area contributed by atoms with Crippen LogP contribution in [0.3, 0.4) is 0 Å². The van der Waals surface area contributed by atoms with Gasteiger partial charge in [-0.05, 0) is 26.1 Å². The lowest BCUT2D eigenvalue weighted by Gasteiger charge is -1.98. The summed E-state index contributed by atoms with van der Waals surface area (Å²) in [6.45, 7) is 2.94. The highest BCUT2D eigenvalue weighted by molar-refractivity contribution is 7.12. The molecular weight excluding hydrogens is 271 g/mol. The third-order valence-corrected chi connectivity index (χ3v) is 3.56. The summed E-state index contributed by atoms with van der Waals surface area (Å²) in [5.74, 6) is -0.216. The summed E-state index contributed by atoms with van der Waals surface area (Å²) >= 11 is 1.68. The van der Waals surface area contributed by atoms with Crippen molar-refractivity contribution in [1.82, 2.24) is 10.3 Å². The highest BCUT2D eigenvalue weighted by Crippen LogP contribution is 2.27. The Bertz CT molecular complexity index is 513. The molecule has 0 atom stereocenters. The van der Waals surface area contributed by atoms with Crippen molar-refractivity contribution in [2.24, 2.45) is 0 Å². The molecule has 1 heterocycles. The first-order valence-electron chi connectivity index (χ1n) is 5.57. The normalized spacial score (nSPS) is 10.2. The summed E-state index contributed by atoms with van der Waals surface area (Å²) in [6, 6.07) is 6.60. The SMILES string of the molecule is CNCCc1nc(-c2cccc(F)c2)c(C)s1.Cl. The first-order chi connectivity index (χ1) is 8.20. The molecule has 2 aromatic rings. The Kier molecular flexibility index (Phi) is 5.72. The molecule has 2 nitrogen and oxygen atoms in total. The maximum absolute atomic E-state index is 13.2. The third kappa shape index (κ3) is 3.51. The van der Waals surface area contributed by atoms with E-state index >= 15 is 0 Å². The van der Waals surface area contributed by atoms with Crippen LogP contribution in [0, 0.1) is 12.7 Å². The predicted molar refractivity (Wildman–Crippen MR) is 77.1 cm³/mol. The van der Waals surface area contributed by atoms with Gasteiger partial charge in [-0.3, -0.25) is 0 Å². The number of likely N-dealkylation sites (N-methyl/N-ethyl adjacent to an activating group) is 1. The van der Waals surface area contributed by atoms with Gasteiger partial charge in [0.25, 0.3) is 0 Å². The van der Waals surface area contributed by atoms with Gasteiger partial charge >= 0.3 is 0 Å². The first-order valence-corrected chi connectivity index (χ1v) is 6.39. The van der Waals surface area contributed by atoms with Crippen LogP contribution in [-0.4, -0.2) is 18.6 Å². The molecule has 0 amide bonds. The average Bonchev–Trinajstić information content (AvgIpc) is 2.68. The Hall–Kier alpha value is -0.970. The Morgan fingerprint density at radius 1 is 1.39 bits per heavy atom. The van der Waals surface area contributed by atoms with E-state index in [1.807, 2.05) is 20.0 Å². The van der Waals surface area contributed by atoms with Gasteiger partial charge in [0.1, 0.15) is 5.82 Å². The molecule has 0 aliphatic heterocycles. The Morgan fingerprint density at radius 2 is 2.17 bits per heavy atom. The van der Waals surface area contributed by atoms with Gasteiger partial charge in [0, 0.05) is 23.4 Å². The van der Waals surface area contributed by atoms with Crippen molar-refractivity contribution in [2.75, 3.05) is 13.6 Å². The van der Waals surface area contributed by atoms with Crippen molar-refractivity contribution in [1.29, 1.82) is 0 Å². The molecule has 98 valence electrons. The summed E-state index contributed by atoms with van der Waals surface area (Å²) in [7, 11) is 1.92. The molecule has 18 heavy (non-hydrogen) atoms. The second-order valence-electron chi connectivity index (χ2n) is 3.88. The monoisotopic (exact) mass is 286 g/mol. The lowest BCUT2D eigenvalue weighted by Crippen LogP contribution is -2.09. The van der Waals surface area contributed by atoms with Crippen molar-refractivity contribution in [3.05, 3.63) is 40.0 Å². The van der Waals surface area contributed by atoms with Crippen LogP contribution in [-0.2, 0) is 6.42 Å². The zero-order chi connectivity index (χ0) is 12.3. The van der Waals surface area contributed by atoms with Gasteiger partial charge in [-0.25, -0.2) is 9.37 Å². The molecule has 5 heteroatoms. The number of aromatic nitrogens is 1. The van der Waals surface area contributed by atoms with E-state index in [9.17, 15) is 4.39 Å². The van der Waals surface area contributed by atoms with Crippen LogP contribution in [0.2, 0.25) is 0 Å². The van der Waals surface area contributed by atoms with E-state index in [0.29, 0.717) is 0 Å². The molecule has 0 saturated heterocycles. The van der Waals surface area contributed by atoms with Crippen molar-refractivity contribution in [3.8, 4) is 11.3 Å². The van der Waals surface area contributed by atoms with Crippen molar-refractivity contribution in [3.63, 3.8) is 0 Å². The number of benzene rings is 1. The van der Waals surface area contributed by atoms with Crippen molar-refractivity contribution in [2.45, 2.75) is 13.3 Å². The van der Waals surface area contributed by atoms with Crippen LogP contribution in [0.15, 0.2) is 24.3 Å². The third-order valence-electron chi connectivity index (χ3n) is 2.53. The van der Waals surface area contributed by atoms with Crippen molar-refractivity contribution >= 4 is 23.7 Å². The first kappa shape index (κ1) is 15.1. The predicted octanol–water partition coefficient (Wildman–Crippen LogP) is 3.44. The van der Waals surface area contributed by atoms with E-state index in [2.05, 4.69) is 10.3 Å². The molecule has 0 aliphatic rings. The van der Waals surface area contributed by atoms with E-state index < -0.39 is 0 Å². The molecule has 0 bridgehead atoms. The zero-order valence-electron chi connectivity index (χ0n) is 10.4. The van der Waals surface area contributed by atoms with Gasteiger partial charge in [0.05, 0.1) is 10.7 Å².